The molecule has 0 spiro atoms. The van der Waals surface area contributed by atoms with Crippen molar-refractivity contribution in [1.82, 2.24) is 0 Å². The quantitative estimate of drug-likeness (QED) is 0.795. The van der Waals surface area contributed by atoms with Crippen molar-refractivity contribution >= 4 is 25.8 Å². The van der Waals surface area contributed by atoms with Gasteiger partial charge in [0.15, 0.2) is 9.84 Å². The summed E-state index contributed by atoms with van der Waals surface area (Å²) in [7, 11) is -3.13. The van der Waals surface area contributed by atoms with E-state index in [1.54, 1.807) is 12.1 Å². The van der Waals surface area contributed by atoms with Gasteiger partial charge < -0.3 is 5.73 Å². The summed E-state index contributed by atoms with van der Waals surface area (Å²) in [5.41, 5.74) is 6.69. The first-order chi connectivity index (χ1) is 7.00. The van der Waals surface area contributed by atoms with Crippen LogP contribution in [-0.2, 0) is 9.84 Å². The summed E-state index contributed by atoms with van der Waals surface area (Å²) in [5.74, 6) is 0.204. The molecular weight excluding hydrogens is 278 g/mol. The second-order valence-corrected chi connectivity index (χ2v) is 6.74. The Kier molecular flexibility index (Phi) is 2.87. The number of sulfone groups is 1. The van der Waals surface area contributed by atoms with Crippen molar-refractivity contribution in [3.05, 3.63) is 28.2 Å². The van der Waals surface area contributed by atoms with E-state index in [0.717, 1.165) is 16.5 Å². The van der Waals surface area contributed by atoms with Crippen LogP contribution in [0.2, 0.25) is 0 Å². The van der Waals surface area contributed by atoms with Crippen molar-refractivity contribution in [3.63, 3.8) is 0 Å². The van der Waals surface area contributed by atoms with Gasteiger partial charge in [-0.2, -0.15) is 0 Å². The van der Waals surface area contributed by atoms with Gasteiger partial charge in [-0.25, -0.2) is 8.42 Å². The monoisotopic (exact) mass is 289 g/mol. The van der Waals surface area contributed by atoms with E-state index in [-0.39, 0.29) is 11.8 Å². The highest BCUT2D eigenvalue weighted by atomic mass is 79.9. The summed E-state index contributed by atoms with van der Waals surface area (Å²) >= 11 is 3.33. The molecule has 2 rings (SSSR count). The number of hydrogen-bond donors (Lipinski definition) is 1. The van der Waals surface area contributed by atoms with Gasteiger partial charge in [0.05, 0.1) is 10.6 Å². The molecule has 5 heteroatoms. The molecule has 2 N–H and O–H groups in total. The van der Waals surface area contributed by atoms with Crippen LogP contribution in [0.25, 0.3) is 0 Å². The molecule has 1 aromatic carbocycles. The highest BCUT2D eigenvalue weighted by molar-refractivity contribution is 9.10. The fourth-order valence-electron chi connectivity index (χ4n) is 1.85. The third-order valence-corrected chi connectivity index (χ3v) is 5.00. The SMILES string of the molecule is NC1CCCS(=O)(=O)c2ccc(Br)cc21. The number of rotatable bonds is 0. The normalized spacial score (nSPS) is 24.3. The van der Waals surface area contributed by atoms with Crippen LogP contribution in [0.1, 0.15) is 24.4 Å². The summed E-state index contributed by atoms with van der Waals surface area (Å²) < 4.78 is 24.6. The molecule has 0 fully saturated rings. The lowest BCUT2D eigenvalue weighted by atomic mass is 10.0. The minimum atomic E-state index is -3.13. The molecule has 1 aliphatic heterocycles. The fourth-order valence-corrected chi connectivity index (χ4v) is 3.84. The average molecular weight is 290 g/mol. The Morgan fingerprint density at radius 2 is 2.13 bits per heavy atom. The van der Waals surface area contributed by atoms with Crippen LogP contribution in [0.15, 0.2) is 27.6 Å². The molecule has 82 valence electrons. The second kappa shape index (κ2) is 3.88. The Balaban J connectivity index is 2.67. The predicted molar refractivity (Wildman–Crippen MR) is 62.4 cm³/mol. The number of halogens is 1. The minimum absolute atomic E-state index is 0.172. The van der Waals surface area contributed by atoms with Gasteiger partial charge >= 0.3 is 0 Å². The second-order valence-electron chi connectivity index (χ2n) is 3.75. The summed E-state index contributed by atoms with van der Waals surface area (Å²) in [6.45, 7) is 0. The van der Waals surface area contributed by atoms with Gasteiger partial charge in [-0.15, -0.1) is 0 Å². The van der Waals surface area contributed by atoms with Crippen molar-refractivity contribution in [2.45, 2.75) is 23.8 Å². The number of benzene rings is 1. The van der Waals surface area contributed by atoms with Gasteiger partial charge in [-0.3, -0.25) is 0 Å². The first-order valence-electron chi connectivity index (χ1n) is 4.78. The Morgan fingerprint density at radius 3 is 2.87 bits per heavy atom. The van der Waals surface area contributed by atoms with Gasteiger partial charge in [0, 0.05) is 10.5 Å². The van der Waals surface area contributed by atoms with Crippen LogP contribution in [0.5, 0.6) is 0 Å². The zero-order valence-electron chi connectivity index (χ0n) is 8.11. The molecule has 3 nitrogen and oxygen atoms in total. The summed E-state index contributed by atoms with van der Waals surface area (Å²) in [6, 6.07) is 5.02. The first-order valence-corrected chi connectivity index (χ1v) is 7.23. The maximum Gasteiger partial charge on any atom is 0.178 e. The average Bonchev–Trinajstić information content (AvgIpc) is 2.25. The van der Waals surface area contributed by atoms with E-state index in [1.807, 2.05) is 6.07 Å². The molecule has 0 saturated heterocycles. The van der Waals surface area contributed by atoms with E-state index in [9.17, 15) is 8.42 Å². The van der Waals surface area contributed by atoms with Gasteiger partial charge in [0.1, 0.15) is 0 Å². The molecule has 1 heterocycles. The number of nitrogens with two attached hydrogens (primary N) is 1. The van der Waals surface area contributed by atoms with E-state index in [0.29, 0.717) is 11.3 Å². The van der Waals surface area contributed by atoms with Gasteiger partial charge in [0.25, 0.3) is 0 Å². The van der Waals surface area contributed by atoms with E-state index in [2.05, 4.69) is 15.9 Å². The number of fused-ring (bicyclic) bond motifs is 1. The van der Waals surface area contributed by atoms with E-state index >= 15 is 0 Å². The van der Waals surface area contributed by atoms with Crippen molar-refractivity contribution in [2.75, 3.05) is 5.75 Å². The summed E-state index contributed by atoms with van der Waals surface area (Å²) in [6.07, 6.45) is 1.36. The lowest BCUT2D eigenvalue weighted by molar-refractivity contribution is 0.594. The molecule has 0 aliphatic carbocycles. The third-order valence-electron chi connectivity index (χ3n) is 2.63. The summed E-state index contributed by atoms with van der Waals surface area (Å²) in [4.78, 5) is 0.399. The van der Waals surface area contributed by atoms with Crippen molar-refractivity contribution < 1.29 is 8.42 Å². The molecule has 0 bridgehead atoms. The summed E-state index contributed by atoms with van der Waals surface area (Å²) in [5, 5.41) is 0. The molecule has 0 saturated carbocycles. The van der Waals surface area contributed by atoms with Crippen LogP contribution < -0.4 is 5.73 Å². The predicted octanol–water partition coefficient (Wildman–Crippen LogP) is 2.02. The van der Waals surface area contributed by atoms with E-state index in [1.165, 1.54) is 0 Å². The van der Waals surface area contributed by atoms with Crippen LogP contribution in [0.4, 0.5) is 0 Å². The maximum atomic E-state index is 11.9. The lowest BCUT2D eigenvalue weighted by Gasteiger charge is -2.11. The molecule has 1 unspecified atom stereocenters. The topological polar surface area (TPSA) is 60.2 Å². The van der Waals surface area contributed by atoms with E-state index in [4.69, 9.17) is 5.73 Å². The van der Waals surface area contributed by atoms with Crippen molar-refractivity contribution in [1.29, 1.82) is 0 Å². The molecule has 0 aromatic heterocycles. The smallest absolute Gasteiger partial charge is 0.178 e. The van der Waals surface area contributed by atoms with Crippen LogP contribution in [0.3, 0.4) is 0 Å². The molecular formula is C10H12BrNO2S. The minimum Gasteiger partial charge on any atom is -0.324 e. The first kappa shape index (κ1) is 11.1. The molecule has 15 heavy (non-hydrogen) atoms. The highest BCUT2D eigenvalue weighted by Crippen LogP contribution is 2.31. The number of hydrogen-bond acceptors (Lipinski definition) is 3. The Morgan fingerprint density at radius 1 is 1.40 bits per heavy atom. The molecule has 0 radical (unpaired) electrons. The maximum absolute atomic E-state index is 11.9. The Labute approximate surface area is 97.7 Å². The third kappa shape index (κ3) is 2.09. The van der Waals surface area contributed by atoms with E-state index < -0.39 is 9.84 Å². The largest absolute Gasteiger partial charge is 0.324 e. The molecule has 1 aromatic rings. The van der Waals surface area contributed by atoms with Crippen molar-refractivity contribution in [3.8, 4) is 0 Å². The standard InChI is InChI=1S/C10H12BrNO2S/c11-7-3-4-10-8(6-7)9(12)2-1-5-15(10,13)14/h3-4,6,9H,1-2,5,12H2. The van der Waals surface area contributed by atoms with Crippen LogP contribution in [0, 0.1) is 0 Å². The fraction of sp³-hybridized carbons (Fsp3) is 0.400. The Bertz CT molecular complexity index is 484. The molecule has 1 atom stereocenters. The van der Waals surface area contributed by atoms with Gasteiger partial charge in [-0.1, -0.05) is 15.9 Å². The lowest BCUT2D eigenvalue weighted by Crippen LogP contribution is -2.11. The van der Waals surface area contributed by atoms with Gasteiger partial charge in [0.2, 0.25) is 0 Å². The van der Waals surface area contributed by atoms with Crippen molar-refractivity contribution in [2.24, 2.45) is 5.73 Å². The zero-order valence-corrected chi connectivity index (χ0v) is 10.5. The molecule has 1 aliphatic rings. The van der Waals surface area contributed by atoms with Gasteiger partial charge in [-0.05, 0) is 36.6 Å². The highest BCUT2D eigenvalue weighted by Gasteiger charge is 2.25. The van der Waals surface area contributed by atoms with Crippen LogP contribution >= 0.6 is 15.9 Å². The van der Waals surface area contributed by atoms with Crippen LogP contribution in [-0.4, -0.2) is 14.2 Å². The zero-order chi connectivity index (χ0) is 11.1. The Hall–Kier alpha value is -0.390. The molecule has 0 amide bonds.